The Morgan fingerprint density at radius 3 is 2.89 bits per heavy atom. The van der Waals surface area contributed by atoms with E-state index in [-0.39, 0.29) is 23.4 Å². The van der Waals surface area contributed by atoms with Gasteiger partial charge in [-0.3, -0.25) is 10.1 Å². The number of aromatic nitrogens is 2. The molecule has 2 rings (SSSR count). The van der Waals surface area contributed by atoms with Gasteiger partial charge in [-0.2, -0.15) is 0 Å². The Hall–Kier alpha value is -1.96. The second kappa shape index (κ2) is 5.13. The van der Waals surface area contributed by atoms with E-state index in [1.165, 1.54) is 6.33 Å². The number of nitrogens with two attached hydrogens (primary N) is 1. The summed E-state index contributed by atoms with van der Waals surface area (Å²) in [6.07, 6.45) is 3.26. The standard InChI is InChI=1S/C10H15N5O3/c1-18-5-4-14(7-2-3-7)10-8(15(16)17)9(11)12-6-13-10/h6-7H,2-5H2,1H3,(H2,11,12,13). The zero-order chi connectivity index (χ0) is 13.1. The van der Waals surface area contributed by atoms with E-state index in [1.54, 1.807) is 7.11 Å². The van der Waals surface area contributed by atoms with Crippen molar-refractivity contribution < 1.29 is 9.66 Å². The molecule has 1 aliphatic rings. The summed E-state index contributed by atoms with van der Waals surface area (Å²) in [7, 11) is 1.59. The van der Waals surface area contributed by atoms with Crippen molar-refractivity contribution in [2.75, 3.05) is 30.9 Å². The van der Waals surface area contributed by atoms with E-state index in [2.05, 4.69) is 9.97 Å². The van der Waals surface area contributed by atoms with E-state index >= 15 is 0 Å². The summed E-state index contributed by atoms with van der Waals surface area (Å²) in [6.45, 7) is 1.04. The zero-order valence-electron chi connectivity index (χ0n) is 10.1. The van der Waals surface area contributed by atoms with E-state index in [0.29, 0.717) is 13.2 Å². The second-order valence-electron chi connectivity index (χ2n) is 4.11. The molecule has 1 heterocycles. The van der Waals surface area contributed by atoms with Crippen molar-refractivity contribution in [1.29, 1.82) is 0 Å². The molecular formula is C10H15N5O3. The molecule has 0 spiro atoms. The molecule has 0 atom stereocenters. The lowest BCUT2D eigenvalue weighted by Crippen LogP contribution is -2.31. The fourth-order valence-electron chi connectivity index (χ4n) is 1.81. The summed E-state index contributed by atoms with van der Waals surface area (Å²) in [4.78, 5) is 20.1. The number of hydrogen-bond donors (Lipinski definition) is 1. The molecule has 0 radical (unpaired) electrons. The van der Waals surface area contributed by atoms with Crippen molar-refractivity contribution in [2.24, 2.45) is 0 Å². The number of hydrogen-bond acceptors (Lipinski definition) is 7. The van der Waals surface area contributed by atoms with Crippen LogP contribution in [0.15, 0.2) is 6.33 Å². The minimum atomic E-state index is -0.535. The third-order valence-corrected chi connectivity index (χ3v) is 2.81. The van der Waals surface area contributed by atoms with E-state index in [9.17, 15) is 10.1 Å². The molecule has 0 aromatic carbocycles. The van der Waals surface area contributed by atoms with Crippen molar-refractivity contribution in [3.8, 4) is 0 Å². The quantitative estimate of drug-likeness (QED) is 0.583. The highest BCUT2D eigenvalue weighted by Crippen LogP contribution is 2.36. The van der Waals surface area contributed by atoms with Crippen LogP contribution >= 0.6 is 0 Å². The molecule has 2 N–H and O–H groups in total. The first-order chi connectivity index (χ1) is 8.65. The van der Waals surface area contributed by atoms with Crippen LogP contribution < -0.4 is 10.6 Å². The lowest BCUT2D eigenvalue weighted by atomic mass is 10.3. The smallest absolute Gasteiger partial charge is 0.353 e. The van der Waals surface area contributed by atoms with Gasteiger partial charge >= 0.3 is 5.69 Å². The molecule has 8 heteroatoms. The van der Waals surface area contributed by atoms with Crippen LogP contribution in [0.4, 0.5) is 17.3 Å². The van der Waals surface area contributed by atoms with Gasteiger partial charge in [0.15, 0.2) is 0 Å². The van der Waals surface area contributed by atoms with Gasteiger partial charge in [-0.25, -0.2) is 9.97 Å². The Balaban J connectivity index is 2.34. The molecule has 0 saturated heterocycles. The topological polar surface area (TPSA) is 107 Å². The highest BCUT2D eigenvalue weighted by Gasteiger charge is 2.35. The maximum Gasteiger partial charge on any atom is 0.353 e. The summed E-state index contributed by atoms with van der Waals surface area (Å²) in [6, 6.07) is 0.285. The Morgan fingerprint density at radius 2 is 2.33 bits per heavy atom. The molecule has 1 aromatic rings. The van der Waals surface area contributed by atoms with Crippen LogP contribution in [0.1, 0.15) is 12.8 Å². The normalized spacial score (nSPS) is 14.5. The molecule has 1 aromatic heterocycles. The number of nitrogen functional groups attached to an aromatic ring is 1. The van der Waals surface area contributed by atoms with E-state index in [1.807, 2.05) is 4.90 Å². The number of ether oxygens (including phenoxy) is 1. The van der Waals surface area contributed by atoms with Crippen molar-refractivity contribution >= 4 is 17.3 Å². The predicted octanol–water partition coefficient (Wildman–Crippen LogP) is 0.582. The minimum Gasteiger partial charge on any atom is -0.383 e. The maximum absolute atomic E-state index is 11.1. The summed E-state index contributed by atoms with van der Waals surface area (Å²) in [5.41, 5.74) is 5.34. The lowest BCUT2D eigenvalue weighted by molar-refractivity contribution is -0.383. The first-order valence-electron chi connectivity index (χ1n) is 5.65. The van der Waals surface area contributed by atoms with Crippen LogP contribution in [-0.2, 0) is 4.74 Å². The van der Waals surface area contributed by atoms with Crippen LogP contribution in [-0.4, -0.2) is 41.2 Å². The number of methoxy groups -OCH3 is 1. The van der Waals surface area contributed by atoms with Gasteiger partial charge in [-0.1, -0.05) is 0 Å². The van der Waals surface area contributed by atoms with Gasteiger partial charge in [0.05, 0.1) is 11.5 Å². The molecule has 98 valence electrons. The molecule has 0 aliphatic heterocycles. The molecule has 0 unspecified atom stereocenters. The summed E-state index contributed by atoms with van der Waals surface area (Å²) in [5.74, 6) is 0.181. The van der Waals surface area contributed by atoms with Crippen LogP contribution in [0, 0.1) is 10.1 Å². The Morgan fingerprint density at radius 1 is 1.61 bits per heavy atom. The Kier molecular flexibility index (Phi) is 3.56. The number of nitro groups is 1. The lowest BCUT2D eigenvalue weighted by Gasteiger charge is -2.22. The van der Waals surface area contributed by atoms with Gasteiger partial charge in [-0.05, 0) is 12.8 Å². The van der Waals surface area contributed by atoms with Crippen molar-refractivity contribution in [3.05, 3.63) is 16.4 Å². The number of rotatable bonds is 6. The fourth-order valence-corrected chi connectivity index (χ4v) is 1.81. The number of nitrogens with zero attached hydrogens (tertiary/aromatic N) is 4. The monoisotopic (exact) mass is 253 g/mol. The van der Waals surface area contributed by atoms with Gasteiger partial charge in [0, 0.05) is 19.7 Å². The predicted molar refractivity (Wildman–Crippen MR) is 65.3 cm³/mol. The average Bonchev–Trinajstić information content (AvgIpc) is 3.13. The van der Waals surface area contributed by atoms with Crippen LogP contribution in [0.2, 0.25) is 0 Å². The summed E-state index contributed by atoms with van der Waals surface area (Å²) < 4.78 is 5.02. The first-order valence-corrected chi connectivity index (χ1v) is 5.65. The van der Waals surface area contributed by atoms with Crippen molar-refractivity contribution in [2.45, 2.75) is 18.9 Å². The van der Waals surface area contributed by atoms with Crippen molar-refractivity contribution in [3.63, 3.8) is 0 Å². The van der Waals surface area contributed by atoms with Crippen molar-refractivity contribution in [1.82, 2.24) is 9.97 Å². The molecule has 0 bridgehead atoms. The van der Waals surface area contributed by atoms with E-state index in [4.69, 9.17) is 10.5 Å². The van der Waals surface area contributed by atoms with Gasteiger partial charge < -0.3 is 15.4 Å². The highest BCUT2D eigenvalue weighted by molar-refractivity contribution is 5.69. The Labute approximate surface area is 104 Å². The second-order valence-corrected chi connectivity index (χ2v) is 4.11. The molecule has 1 fully saturated rings. The molecule has 0 amide bonds. The molecular weight excluding hydrogens is 238 g/mol. The van der Waals surface area contributed by atoms with Gasteiger partial charge in [0.2, 0.25) is 11.6 Å². The van der Waals surface area contributed by atoms with Crippen LogP contribution in [0.25, 0.3) is 0 Å². The van der Waals surface area contributed by atoms with Gasteiger partial charge in [0.1, 0.15) is 6.33 Å². The van der Waals surface area contributed by atoms with E-state index < -0.39 is 4.92 Å². The average molecular weight is 253 g/mol. The minimum absolute atomic E-state index is 0.104. The largest absolute Gasteiger partial charge is 0.383 e. The van der Waals surface area contributed by atoms with Crippen LogP contribution in [0.5, 0.6) is 0 Å². The molecule has 1 saturated carbocycles. The van der Waals surface area contributed by atoms with E-state index in [0.717, 1.165) is 12.8 Å². The molecule has 1 aliphatic carbocycles. The zero-order valence-corrected chi connectivity index (χ0v) is 10.1. The first kappa shape index (κ1) is 12.5. The van der Waals surface area contributed by atoms with Gasteiger partial charge in [-0.15, -0.1) is 0 Å². The maximum atomic E-state index is 11.1. The third kappa shape index (κ3) is 2.48. The highest BCUT2D eigenvalue weighted by atomic mass is 16.6. The fraction of sp³-hybridized carbons (Fsp3) is 0.600. The summed E-state index contributed by atoms with van der Waals surface area (Å²) in [5, 5.41) is 11.1. The summed E-state index contributed by atoms with van der Waals surface area (Å²) >= 11 is 0. The van der Waals surface area contributed by atoms with Crippen LogP contribution in [0.3, 0.4) is 0 Å². The van der Waals surface area contributed by atoms with Gasteiger partial charge in [0.25, 0.3) is 0 Å². The third-order valence-electron chi connectivity index (χ3n) is 2.81. The molecule has 8 nitrogen and oxygen atoms in total. The Bertz CT molecular complexity index is 449. The SMILES string of the molecule is COCCN(c1ncnc(N)c1[N+](=O)[O-])C1CC1. The molecule has 18 heavy (non-hydrogen) atoms. The number of anilines is 2.